The molecule has 0 aliphatic carbocycles. The van der Waals surface area contributed by atoms with Crippen molar-refractivity contribution in [1.29, 1.82) is 0 Å². The zero-order chi connectivity index (χ0) is 18.9. The number of benzene rings is 2. The number of ether oxygens (including phenoxy) is 1. The van der Waals surface area contributed by atoms with Crippen molar-refractivity contribution in [2.24, 2.45) is 0 Å². The quantitative estimate of drug-likeness (QED) is 0.550. The van der Waals surface area contributed by atoms with Gasteiger partial charge in [0.15, 0.2) is 0 Å². The summed E-state index contributed by atoms with van der Waals surface area (Å²) >= 11 is 0. The number of hydrogen-bond donors (Lipinski definition) is 2. The summed E-state index contributed by atoms with van der Waals surface area (Å²) in [5.74, 6) is 2.98. The van der Waals surface area contributed by atoms with Crippen molar-refractivity contribution in [3.8, 4) is 11.5 Å². The van der Waals surface area contributed by atoms with Gasteiger partial charge in [-0.3, -0.25) is 0 Å². The Kier molecular flexibility index (Phi) is 6.60. The van der Waals surface area contributed by atoms with Crippen LogP contribution in [0, 0.1) is 0 Å². The van der Waals surface area contributed by atoms with Crippen LogP contribution in [-0.2, 0) is 0 Å². The van der Waals surface area contributed by atoms with Gasteiger partial charge in [-0.1, -0.05) is 18.2 Å². The SMILES string of the molecule is CN(C)CCCNc1nccc(Nc2ccc(Oc3ccccc3)cc2)n1. The molecule has 1 heterocycles. The van der Waals surface area contributed by atoms with Crippen molar-refractivity contribution in [1.82, 2.24) is 14.9 Å². The second kappa shape index (κ2) is 9.54. The van der Waals surface area contributed by atoms with E-state index in [4.69, 9.17) is 4.74 Å². The van der Waals surface area contributed by atoms with Gasteiger partial charge in [0.1, 0.15) is 17.3 Å². The molecular weight excluding hydrogens is 338 g/mol. The van der Waals surface area contributed by atoms with E-state index in [1.807, 2.05) is 60.7 Å². The first-order chi connectivity index (χ1) is 13.2. The number of para-hydroxylation sites is 1. The number of hydrogen-bond acceptors (Lipinski definition) is 6. The summed E-state index contributed by atoms with van der Waals surface area (Å²) in [5, 5.41) is 6.54. The summed E-state index contributed by atoms with van der Waals surface area (Å²) in [6.07, 6.45) is 2.79. The molecule has 0 spiro atoms. The molecule has 140 valence electrons. The van der Waals surface area contributed by atoms with Gasteiger partial charge in [-0.25, -0.2) is 4.98 Å². The molecule has 3 aromatic rings. The number of nitrogens with zero attached hydrogens (tertiary/aromatic N) is 3. The third-order valence-electron chi connectivity index (χ3n) is 3.83. The molecule has 0 atom stereocenters. The van der Waals surface area contributed by atoms with Crippen LogP contribution in [0.15, 0.2) is 66.9 Å². The predicted octanol–water partition coefficient (Wildman–Crippen LogP) is 4.38. The van der Waals surface area contributed by atoms with Crippen molar-refractivity contribution in [3.63, 3.8) is 0 Å². The summed E-state index contributed by atoms with van der Waals surface area (Å²) in [7, 11) is 4.13. The Balaban J connectivity index is 1.54. The Bertz CT molecular complexity index is 821. The van der Waals surface area contributed by atoms with Gasteiger partial charge in [-0.05, 0) is 69.5 Å². The molecule has 2 aromatic carbocycles. The van der Waals surface area contributed by atoms with E-state index in [0.29, 0.717) is 5.95 Å². The smallest absolute Gasteiger partial charge is 0.224 e. The van der Waals surface area contributed by atoms with Crippen LogP contribution in [0.4, 0.5) is 17.5 Å². The molecule has 6 heteroatoms. The van der Waals surface area contributed by atoms with Crippen molar-refractivity contribution in [2.45, 2.75) is 6.42 Å². The van der Waals surface area contributed by atoms with Crippen LogP contribution in [0.3, 0.4) is 0 Å². The molecule has 0 amide bonds. The van der Waals surface area contributed by atoms with Crippen LogP contribution in [-0.4, -0.2) is 42.1 Å². The van der Waals surface area contributed by atoms with E-state index in [2.05, 4.69) is 39.6 Å². The standard InChI is InChI=1S/C21H25N5O/c1-26(2)16-6-14-22-21-23-15-13-20(25-21)24-17-9-11-19(12-10-17)27-18-7-4-3-5-8-18/h3-5,7-13,15H,6,14,16H2,1-2H3,(H2,22,23,24,25). The zero-order valence-electron chi connectivity index (χ0n) is 15.7. The van der Waals surface area contributed by atoms with E-state index in [-0.39, 0.29) is 0 Å². The fraction of sp³-hybridized carbons (Fsp3) is 0.238. The Morgan fingerprint density at radius 2 is 1.67 bits per heavy atom. The van der Waals surface area contributed by atoms with E-state index in [0.717, 1.165) is 42.5 Å². The Labute approximate surface area is 160 Å². The van der Waals surface area contributed by atoms with Crippen molar-refractivity contribution < 1.29 is 4.74 Å². The highest BCUT2D eigenvalue weighted by Gasteiger charge is 2.02. The van der Waals surface area contributed by atoms with E-state index in [9.17, 15) is 0 Å². The Morgan fingerprint density at radius 1 is 0.926 bits per heavy atom. The van der Waals surface area contributed by atoms with Gasteiger partial charge < -0.3 is 20.3 Å². The van der Waals surface area contributed by atoms with Crippen LogP contribution in [0.25, 0.3) is 0 Å². The molecule has 2 N–H and O–H groups in total. The number of aromatic nitrogens is 2. The minimum atomic E-state index is 0.628. The molecule has 0 aliphatic rings. The average Bonchev–Trinajstić information content (AvgIpc) is 2.68. The van der Waals surface area contributed by atoms with Crippen molar-refractivity contribution in [3.05, 3.63) is 66.9 Å². The first kappa shape index (κ1) is 18.7. The molecule has 0 unspecified atom stereocenters. The maximum atomic E-state index is 5.81. The summed E-state index contributed by atoms with van der Waals surface area (Å²) in [4.78, 5) is 10.9. The van der Waals surface area contributed by atoms with Crippen molar-refractivity contribution >= 4 is 17.5 Å². The lowest BCUT2D eigenvalue weighted by atomic mass is 10.3. The van der Waals surface area contributed by atoms with Gasteiger partial charge in [0.25, 0.3) is 0 Å². The second-order valence-corrected chi connectivity index (χ2v) is 6.41. The fourth-order valence-electron chi connectivity index (χ4n) is 2.49. The van der Waals surface area contributed by atoms with Gasteiger partial charge in [0, 0.05) is 18.4 Å². The highest BCUT2D eigenvalue weighted by atomic mass is 16.5. The number of rotatable bonds is 9. The van der Waals surface area contributed by atoms with Crippen molar-refractivity contribution in [2.75, 3.05) is 37.8 Å². The molecule has 0 bridgehead atoms. The van der Waals surface area contributed by atoms with Crippen LogP contribution < -0.4 is 15.4 Å². The van der Waals surface area contributed by atoms with Crippen LogP contribution in [0.5, 0.6) is 11.5 Å². The lowest BCUT2D eigenvalue weighted by molar-refractivity contribution is 0.405. The number of nitrogens with one attached hydrogen (secondary N) is 2. The van der Waals surface area contributed by atoms with Gasteiger partial charge in [-0.2, -0.15) is 4.98 Å². The molecule has 6 nitrogen and oxygen atoms in total. The largest absolute Gasteiger partial charge is 0.457 e. The van der Waals surface area contributed by atoms with E-state index in [1.165, 1.54) is 0 Å². The third kappa shape index (κ3) is 6.27. The normalized spacial score (nSPS) is 10.6. The first-order valence-corrected chi connectivity index (χ1v) is 9.01. The molecule has 0 aliphatic heterocycles. The molecule has 0 fully saturated rings. The zero-order valence-corrected chi connectivity index (χ0v) is 15.7. The molecule has 0 saturated heterocycles. The minimum Gasteiger partial charge on any atom is -0.457 e. The van der Waals surface area contributed by atoms with Crippen LogP contribution >= 0.6 is 0 Å². The van der Waals surface area contributed by atoms with Crippen LogP contribution in [0.1, 0.15) is 6.42 Å². The summed E-state index contributed by atoms with van der Waals surface area (Å²) in [6.45, 7) is 1.87. The van der Waals surface area contributed by atoms with Gasteiger partial charge in [-0.15, -0.1) is 0 Å². The Morgan fingerprint density at radius 3 is 2.41 bits per heavy atom. The topological polar surface area (TPSA) is 62.3 Å². The average molecular weight is 363 g/mol. The molecular formula is C21H25N5O. The maximum absolute atomic E-state index is 5.81. The second-order valence-electron chi connectivity index (χ2n) is 6.41. The lowest BCUT2D eigenvalue weighted by Gasteiger charge is -2.11. The summed E-state index contributed by atoms with van der Waals surface area (Å²) in [6, 6.07) is 19.4. The van der Waals surface area contributed by atoms with Gasteiger partial charge in [0.2, 0.25) is 5.95 Å². The van der Waals surface area contributed by atoms with E-state index in [1.54, 1.807) is 6.20 Å². The summed E-state index contributed by atoms with van der Waals surface area (Å²) < 4.78 is 5.81. The first-order valence-electron chi connectivity index (χ1n) is 9.01. The highest BCUT2D eigenvalue weighted by Crippen LogP contribution is 2.24. The number of anilines is 3. The summed E-state index contributed by atoms with van der Waals surface area (Å²) in [5.41, 5.74) is 0.938. The fourth-order valence-corrected chi connectivity index (χ4v) is 2.49. The minimum absolute atomic E-state index is 0.628. The van der Waals surface area contributed by atoms with Gasteiger partial charge >= 0.3 is 0 Å². The van der Waals surface area contributed by atoms with E-state index >= 15 is 0 Å². The van der Waals surface area contributed by atoms with E-state index < -0.39 is 0 Å². The molecule has 0 saturated carbocycles. The van der Waals surface area contributed by atoms with Gasteiger partial charge in [0.05, 0.1) is 0 Å². The lowest BCUT2D eigenvalue weighted by Crippen LogP contribution is -2.17. The van der Waals surface area contributed by atoms with Crippen LogP contribution in [0.2, 0.25) is 0 Å². The molecule has 0 radical (unpaired) electrons. The highest BCUT2D eigenvalue weighted by molar-refractivity contribution is 5.58. The Hall–Kier alpha value is -3.12. The third-order valence-corrected chi connectivity index (χ3v) is 3.83. The maximum Gasteiger partial charge on any atom is 0.224 e. The molecule has 27 heavy (non-hydrogen) atoms. The predicted molar refractivity (Wildman–Crippen MR) is 110 cm³/mol. The molecule has 3 rings (SSSR count). The monoisotopic (exact) mass is 363 g/mol. The molecule has 1 aromatic heterocycles.